The second-order valence-corrected chi connectivity index (χ2v) is 7.62. The molecule has 4 nitrogen and oxygen atoms in total. The molecule has 0 spiro atoms. The number of hydrogen-bond acceptors (Lipinski definition) is 4. The van der Waals surface area contributed by atoms with Crippen LogP contribution in [0, 0.1) is 0 Å². The minimum Gasteiger partial charge on any atom is -0.317 e. The zero-order chi connectivity index (χ0) is 12.0. The Bertz CT molecular complexity index is 417. The molecular formula is C9H15BrN2O2S2. The van der Waals surface area contributed by atoms with Crippen molar-refractivity contribution in [3.8, 4) is 0 Å². The number of halogens is 1. The first-order valence-corrected chi connectivity index (χ1v) is 8.11. The van der Waals surface area contributed by atoms with Crippen LogP contribution in [-0.2, 0) is 10.0 Å². The lowest BCUT2D eigenvalue weighted by atomic mass is 10.4. The summed E-state index contributed by atoms with van der Waals surface area (Å²) in [4.78, 5) is 0. The molecule has 0 bridgehead atoms. The van der Waals surface area contributed by atoms with Crippen molar-refractivity contribution in [2.75, 3.05) is 19.6 Å². The van der Waals surface area contributed by atoms with Crippen LogP contribution in [-0.4, -0.2) is 28.1 Å². The van der Waals surface area contributed by atoms with Crippen molar-refractivity contribution >= 4 is 37.3 Å². The van der Waals surface area contributed by atoms with E-state index in [-0.39, 0.29) is 0 Å². The molecule has 0 saturated heterocycles. The average molecular weight is 327 g/mol. The largest absolute Gasteiger partial charge is 0.317 e. The van der Waals surface area contributed by atoms with Gasteiger partial charge in [-0.05, 0) is 47.6 Å². The van der Waals surface area contributed by atoms with Gasteiger partial charge < -0.3 is 5.32 Å². The fraction of sp³-hybridized carbons (Fsp3) is 0.556. The molecule has 0 unspecified atom stereocenters. The molecule has 0 radical (unpaired) electrons. The summed E-state index contributed by atoms with van der Waals surface area (Å²) in [6, 6.07) is 3.33. The van der Waals surface area contributed by atoms with Crippen LogP contribution >= 0.6 is 27.3 Å². The second kappa shape index (κ2) is 6.70. The van der Waals surface area contributed by atoms with E-state index >= 15 is 0 Å². The van der Waals surface area contributed by atoms with Crippen molar-refractivity contribution in [2.24, 2.45) is 0 Å². The monoisotopic (exact) mass is 326 g/mol. The molecule has 0 amide bonds. The van der Waals surface area contributed by atoms with E-state index in [1.165, 1.54) is 11.3 Å². The third-order valence-electron chi connectivity index (χ3n) is 1.89. The van der Waals surface area contributed by atoms with Gasteiger partial charge in [-0.25, -0.2) is 13.1 Å². The quantitative estimate of drug-likeness (QED) is 0.751. The molecule has 0 atom stereocenters. The van der Waals surface area contributed by atoms with Gasteiger partial charge in [0.25, 0.3) is 0 Å². The van der Waals surface area contributed by atoms with E-state index in [9.17, 15) is 8.42 Å². The Morgan fingerprint density at radius 3 is 2.69 bits per heavy atom. The van der Waals surface area contributed by atoms with Gasteiger partial charge in [0.1, 0.15) is 4.21 Å². The Morgan fingerprint density at radius 2 is 2.12 bits per heavy atom. The molecule has 0 aliphatic carbocycles. The fourth-order valence-corrected chi connectivity index (χ4v) is 4.24. The van der Waals surface area contributed by atoms with Crippen LogP contribution in [0.4, 0.5) is 0 Å². The maximum atomic E-state index is 11.7. The molecule has 1 heterocycles. The maximum Gasteiger partial charge on any atom is 0.250 e. The lowest BCUT2D eigenvalue weighted by Gasteiger charge is -2.04. The zero-order valence-corrected chi connectivity index (χ0v) is 12.2. The van der Waals surface area contributed by atoms with Gasteiger partial charge in [-0.3, -0.25) is 0 Å². The standard InChI is InChI=1S/C9H15BrN2O2S2/c1-2-11-6-3-7-12-16(13,14)9-5-4-8(10)15-9/h4-5,11-12H,2-3,6-7H2,1H3. The van der Waals surface area contributed by atoms with Crippen molar-refractivity contribution in [2.45, 2.75) is 17.6 Å². The van der Waals surface area contributed by atoms with Crippen LogP contribution in [0.3, 0.4) is 0 Å². The number of thiophene rings is 1. The highest BCUT2D eigenvalue weighted by Crippen LogP contribution is 2.25. The molecular weight excluding hydrogens is 312 g/mol. The fourth-order valence-electron chi connectivity index (χ4n) is 1.11. The van der Waals surface area contributed by atoms with Gasteiger partial charge in [0.2, 0.25) is 10.0 Å². The first-order chi connectivity index (χ1) is 7.56. The molecule has 16 heavy (non-hydrogen) atoms. The summed E-state index contributed by atoms with van der Waals surface area (Å²) < 4.78 is 27.2. The van der Waals surface area contributed by atoms with Crippen molar-refractivity contribution < 1.29 is 8.42 Å². The molecule has 1 aromatic heterocycles. The summed E-state index contributed by atoms with van der Waals surface area (Å²) >= 11 is 4.46. The molecule has 0 aromatic carbocycles. The number of hydrogen-bond donors (Lipinski definition) is 2. The highest BCUT2D eigenvalue weighted by Gasteiger charge is 2.15. The second-order valence-electron chi connectivity index (χ2n) is 3.16. The van der Waals surface area contributed by atoms with E-state index in [0.717, 1.165) is 23.3 Å². The van der Waals surface area contributed by atoms with Crippen molar-refractivity contribution in [1.29, 1.82) is 0 Å². The predicted octanol–water partition coefficient (Wildman–Crippen LogP) is 1.79. The molecule has 2 N–H and O–H groups in total. The highest BCUT2D eigenvalue weighted by atomic mass is 79.9. The van der Waals surface area contributed by atoms with Gasteiger partial charge in [0.15, 0.2) is 0 Å². The van der Waals surface area contributed by atoms with Gasteiger partial charge >= 0.3 is 0 Å². The Morgan fingerprint density at radius 1 is 1.38 bits per heavy atom. The van der Waals surface area contributed by atoms with E-state index in [2.05, 4.69) is 26.0 Å². The van der Waals surface area contributed by atoms with E-state index in [1.54, 1.807) is 12.1 Å². The number of rotatable bonds is 7. The minimum absolute atomic E-state index is 0.350. The third kappa shape index (κ3) is 4.50. The Balaban J connectivity index is 2.41. The van der Waals surface area contributed by atoms with E-state index in [1.807, 2.05) is 6.92 Å². The number of sulfonamides is 1. The first kappa shape index (κ1) is 14.1. The molecule has 1 rings (SSSR count). The van der Waals surface area contributed by atoms with Crippen LogP contribution in [0.25, 0.3) is 0 Å². The lowest BCUT2D eigenvalue weighted by Crippen LogP contribution is -2.26. The van der Waals surface area contributed by atoms with E-state index in [4.69, 9.17) is 0 Å². The topological polar surface area (TPSA) is 58.2 Å². The van der Waals surface area contributed by atoms with Crippen molar-refractivity contribution in [3.63, 3.8) is 0 Å². The first-order valence-electron chi connectivity index (χ1n) is 5.02. The van der Waals surface area contributed by atoms with E-state index < -0.39 is 10.0 Å². The maximum absolute atomic E-state index is 11.7. The molecule has 0 aliphatic rings. The average Bonchev–Trinajstić information content (AvgIpc) is 2.65. The summed E-state index contributed by atoms with van der Waals surface area (Å²) in [5.74, 6) is 0. The third-order valence-corrected chi connectivity index (χ3v) is 5.46. The van der Waals surface area contributed by atoms with E-state index in [0.29, 0.717) is 10.8 Å². The van der Waals surface area contributed by atoms with Crippen LogP contribution < -0.4 is 10.0 Å². The minimum atomic E-state index is -3.32. The molecule has 7 heteroatoms. The van der Waals surface area contributed by atoms with Crippen molar-refractivity contribution in [1.82, 2.24) is 10.0 Å². The van der Waals surface area contributed by atoms with Crippen LogP contribution in [0.1, 0.15) is 13.3 Å². The predicted molar refractivity (Wildman–Crippen MR) is 70.4 cm³/mol. The van der Waals surface area contributed by atoms with Gasteiger partial charge in [0.05, 0.1) is 3.79 Å². The number of nitrogens with one attached hydrogen (secondary N) is 2. The molecule has 0 saturated carbocycles. The molecule has 0 fully saturated rings. The van der Waals surface area contributed by atoms with Gasteiger partial charge in [-0.2, -0.15) is 0 Å². The molecule has 1 aromatic rings. The highest BCUT2D eigenvalue weighted by molar-refractivity contribution is 9.11. The normalized spacial score (nSPS) is 11.9. The molecule has 92 valence electrons. The Hall–Kier alpha value is 0.0500. The zero-order valence-electron chi connectivity index (χ0n) is 8.99. The van der Waals surface area contributed by atoms with Gasteiger partial charge in [0, 0.05) is 6.54 Å². The summed E-state index contributed by atoms with van der Waals surface area (Å²) in [7, 11) is -3.32. The Labute approximate surface area is 109 Å². The van der Waals surface area contributed by atoms with Crippen molar-refractivity contribution in [3.05, 3.63) is 15.9 Å². The van der Waals surface area contributed by atoms with Gasteiger partial charge in [-0.1, -0.05) is 6.92 Å². The summed E-state index contributed by atoms with van der Waals surface area (Å²) in [5.41, 5.74) is 0. The lowest BCUT2D eigenvalue weighted by molar-refractivity contribution is 0.577. The van der Waals surface area contributed by atoms with Gasteiger partial charge in [-0.15, -0.1) is 11.3 Å². The smallest absolute Gasteiger partial charge is 0.250 e. The van der Waals surface area contributed by atoms with Crippen LogP contribution in [0.5, 0.6) is 0 Å². The van der Waals surface area contributed by atoms with Crippen LogP contribution in [0.2, 0.25) is 0 Å². The summed E-state index contributed by atoms with van der Waals surface area (Å²) in [6.45, 7) is 4.22. The SMILES string of the molecule is CCNCCCNS(=O)(=O)c1ccc(Br)s1. The summed E-state index contributed by atoms with van der Waals surface area (Å²) in [5, 5.41) is 3.14. The summed E-state index contributed by atoms with van der Waals surface area (Å²) in [6.07, 6.45) is 0.791. The van der Waals surface area contributed by atoms with Crippen LogP contribution in [0.15, 0.2) is 20.1 Å². The molecule has 0 aliphatic heterocycles. The Kier molecular flexibility index (Phi) is 5.91.